The molecule has 12 heteroatoms. The number of nitrogens with one attached hydrogen (secondary N) is 1. The van der Waals surface area contributed by atoms with Crippen molar-refractivity contribution in [3.8, 4) is 23.0 Å². The van der Waals surface area contributed by atoms with Gasteiger partial charge in [-0.3, -0.25) is 4.72 Å². The van der Waals surface area contributed by atoms with Gasteiger partial charge in [-0.15, -0.1) is 11.8 Å². The average Bonchev–Trinajstić information content (AvgIpc) is 3.00. The lowest BCUT2D eigenvalue weighted by molar-refractivity contribution is -0.165. The summed E-state index contributed by atoms with van der Waals surface area (Å²) in [4.78, 5) is 13.5. The molecule has 0 spiro atoms. The molecule has 10 nitrogen and oxygen atoms in total. The molecule has 41 heavy (non-hydrogen) atoms. The summed E-state index contributed by atoms with van der Waals surface area (Å²) in [5.74, 6) is 0.162. The van der Waals surface area contributed by atoms with Gasteiger partial charge < -0.3 is 28.4 Å². The summed E-state index contributed by atoms with van der Waals surface area (Å²) in [6, 6.07) is 16.1. The topological polar surface area (TPSA) is 119 Å². The summed E-state index contributed by atoms with van der Waals surface area (Å²) >= 11 is 1.49. The molecule has 1 heterocycles. The number of hydrogen-bond donors (Lipinski definition) is 1. The van der Waals surface area contributed by atoms with E-state index in [2.05, 4.69) is 4.72 Å². The van der Waals surface area contributed by atoms with E-state index in [1.54, 1.807) is 36.4 Å². The lowest BCUT2D eigenvalue weighted by atomic mass is 10.1. The summed E-state index contributed by atoms with van der Waals surface area (Å²) in [7, 11) is -1.37. The number of ether oxygens (including phenoxy) is 6. The lowest BCUT2D eigenvalue weighted by Crippen LogP contribution is -2.24. The number of methoxy groups -OCH3 is 2. The number of thioether (sulfide) groups is 1. The third kappa shape index (κ3) is 8.07. The van der Waals surface area contributed by atoms with Gasteiger partial charge in [-0.25, -0.2) is 13.2 Å². The highest BCUT2D eigenvalue weighted by atomic mass is 32.2. The highest BCUT2D eigenvalue weighted by Gasteiger charge is 2.24. The van der Waals surface area contributed by atoms with Crippen molar-refractivity contribution < 1.29 is 41.6 Å². The van der Waals surface area contributed by atoms with E-state index in [4.69, 9.17) is 28.4 Å². The van der Waals surface area contributed by atoms with Crippen LogP contribution in [-0.2, 0) is 24.2 Å². The number of para-hydroxylation sites is 2. The molecule has 220 valence electrons. The molecule has 1 aliphatic heterocycles. The molecule has 0 radical (unpaired) electrons. The molecule has 0 saturated carbocycles. The van der Waals surface area contributed by atoms with Gasteiger partial charge in [-0.05, 0) is 74.0 Å². The van der Waals surface area contributed by atoms with Crippen LogP contribution in [0.25, 0.3) is 0 Å². The van der Waals surface area contributed by atoms with Gasteiger partial charge in [0.25, 0.3) is 10.0 Å². The SMILES string of the molecule is COC(=O)c1cc(NS(=O)(=O)c2ccc(SC)cc2)c(Oc2ccccc2OC)c(OCCOC2CCCCO2)c1. The Bertz CT molecular complexity index is 1420. The highest BCUT2D eigenvalue weighted by Crippen LogP contribution is 2.43. The zero-order chi connectivity index (χ0) is 29.2. The van der Waals surface area contributed by atoms with E-state index in [1.807, 2.05) is 6.26 Å². The van der Waals surface area contributed by atoms with Gasteiger partial charge in [0.05, 0.1) is 37.0 Å². The summed E-state index contributed by atoms with van der Waals surface area (Å²) in [6.45, 7) is 0.923. The fourth-order valence-corrected chi connectivity index (χ4v) is 5.53. The van der Waals surface area contributed by atoms with Crippen molar-refractivity contribution in [1.82, 2.24) is 0 Å². The largest absolute Gasteiger partial charge is 0.493 e. The minimum absolute atomic E-state index is 0.0281. The molecule has 0 amide bonds. The number of sulfonamides is 1. The monoisotopic (exact) mass is 603 g/mol. The predicted octanol–water partition coefficient (Wildman–Crippen LogP) is 5.72. The molecule has 1 aliphatic rings. The summed E-state index contributed by atoms with van der Waals surface area (Å²) in [5, 5.41) is 0. The number of rotatable bonds is 13. The molecule has 1 N–H and O–H groups in total. The fraction of sp³-hybridized carbons (Fsp3) is 0.345. The molecule has 4 rings (SSSR count). The standard InChI is InChI=1S/C29H33NO9S2/c1-34-24-8-4-5-9-25(24)39-28-23(30-41(32,33)22-13-11-21(40-3)12-14-22)18-20(29(31)35-2)19-26(28)36-16-17-38-27-10-6-7-15-37-27/h4-5,8-9,11-14,18-19,27,30H,6-7,10,15-17H2,1-3H3. The summed E-state index contributed by atoms with van der Waals surface area (Å²) in [5.41, 5.74) is 0.0288. The second kappa shape index (κ2) is 14.4. The molecule has 0 aliphatic carbocycles. The lowest BCUT2D eigenvalue weighted by Gasteiger charge is -2.23. The third-order valence-corrected chi connectivity index (χ3v) is 8.28. The van der Waals surface area contributed by atoms with E-state index >= 15 is 0 Å². The van der Waals surface area contributed by atoms with E-state index in [-0.39, 0.29) is 47.1 Å². The number of anilines is 1. The zero-order valence-electron chi connectivity index (χ0n) is 23.1. The van der Waals surface area contributed by atoms with Gasteiger partial charge in [0.1, 0.15) is 6.61 Å². The molecule has 3 aromatic rings. The maximum Gasteiger partial charge on any atom is 0.338 e. The third-order valence-electron chi connectivity index (χ3n) is 6.15. The van der Waals surface area contributed by atoms with Crippen molar-refractivity contribution in [2.75, 3.05) is 45.0 Å². The van der Waals surface area contributed by atoms with Gasteiger partial charge in [-0.1, -0.05) is 12.1 Å². The maximum absolute atomic E-state index is 13.4. The zero-order valence-corrected chi connectivity index (χ0v) is 24.7. The molecule has 0 aromatic heterocycles. The van der Waals surface area contributed by atoms with E-state index in [0.717, 1.165) is 24.2 Å². The van der Waals surface area contributed by atoms with Crippen LogP contribution < -0.4 is 18.9 Å². The number of esters is 1. The minimum Gasteiger partial charge on any atom is -0.493 e. The molecule has 3 aromatic carbocycles. The number of benzene rings is 3. The van der Waals surface area contributed by atoms with Crippen LogP contribution in [0.2, 0.25) is 0 Å². The van der Waals surface area contributed by atoms with E-state index in [0.29, 0.717) is 18.1 Å². The van der Waals surface area contributed by atoms with Crippen molar-refractivity contribution in [2.24, 2.45) is 0 Å². The molecule has 1 saturated heterocycles. The Hall–Kier alpha value is -3.45. The predicted molar refractivity (Wildman–Crippen MR) is 155 cm³/mol. The average molecular weight is 604 g/mol. The number of carbonyl (C=O) groups excluding carboxylic acids is 1. The van der Waals surface area contributed by atoms with Crippen LogP contribution in [-0.4, -0.2) is 61.0 Å². The van der Waals surface area contributed by atoms with Gasteiger partial charge in [-0.2, -0.15) is 0 Å². The first-order valence-corrected chi connectivity index (χ1v) is 15.7. The van der Waals surface area contributed by atoms with Crippen LogP contribution in [0.1, 0.15) is 29.6 Å². The van der Waals surface area contributed by atoms with Gasteiger partial charge in [0.15, 0.2) is 29.3 Å². The van der Waals surface area contributed by atoms with E-state index in [9.17, 15) is 13.2 Å². The number of hydrogen-bond acceptors (Lipinski definition) is 10. The smallest absolute Gasteiger partial charge is 0.338 e. The van der Waals surface area contributed by atoms with Crippen molar-refractivity contribution in [3.05, 3.63) is 66.2 Å². The van der Waals surface area contributed by atoms with Crippen LogP contribution in [0.3, 0.4) is 0 Å². The molecular weight excluding hydrogens is 570 g/mol. The van der Waals surface area contributed by atoms with E-state index < -0.39 is 16.0 Å². The van der Waals surface area contributed by atoms with Crippen LogP contribution >= 0.6 is 11.8 Å². The molecule has 1 atom stereocenters. The van der Waals surface area contributed by atoms with Crippen molar-refractivity contribution in [2.45, 2.75) is 35.3 Å². The fourth-order valence-electron chi connectivity index (χ4n) is 4.07. The maximum atomic E-state index is 13.4. The van der Waals surface area contributed by atoms with E-state index in [1.165, 1.54) is 50.2 Å². The van der Waals surface area contributed by atoms with Crippen LogP contribution in [0.15, 0.2) is 70.5 Å². The van der Waals surface area contributed by atoms with Gasteiger partial charge in [0.2, 0.25) is 0 Å². The minimum atomic E-state index is -4.09. The second-order valence-corrected chi connectivity index (χ2v) is 11.5. The Morgan fingerprint density at radius 2 is 1.76 bits per heavy atom. The highest BCUT2D eigenvalue weighted by molar-refractivity contribution is 7.98. The Kier molecular flexibility index (Phi) is 10.7. The quantitative estimate of drug-likeness (QED) is 0.148. The first-order valence-electron chi connectivity index (χ1n) is 12.9. The van der Waals surface area contributed by atoms with Crippen molar-refractivity contribution in [3.63, 3.8) is 0 Å². The molecule has 0 bridgehead atoms. The Morgan fingerprint density at radius 1 is 1.00 bits per heavy atom. The van der Waals surface area contributed by atoms with Crippen molar-refractivity contribution in [1.29, 1.82) is 0 Å². The first kappa shape index (κ1) is 30.5. The normalized spacial score (nSPS) is 15.1. The Labute approximate surface area is 244 Å². The van der Waals surface area contributed by atoms with Crippen LogP contribution in [0, 0.1) is 0 Å². The Balaban J connectivity index is 1.71. The number of carbonyl (C=O) groups is 1. The van der Waals surface area contributed by atoms with Crippen molar-refractivity contribution >= 4 is 33.4 Å². The molecule has 1 unspecified atom stereocenters. The Morgan fingerprint density at radius 3 is 2.41 bits per heavy atom. The second-order valence-electron chi connectivity index (χ2n) is 8.89. The molecule has 1 fully saturated rings. The molecular formula is C29H33NO9S2. The van der Waals surface area contributed by atoms with Gasteiger partial charge >= 0.3 is 5.97 Å². The van der Waals surface area contributed by atoms with Crippen LogP contribution in [0.5, 0.6) is 23.0 Å². The van der Waals surface area contributed by atoms with Crippen LogP contribution in [0.4, 0.5) is 5.69 Å². The summed E-state index contributed by atoms with van der Waals surface area (Å²) < 4.78 is 63.3. The van der Waals surface area contributed by atoms with Gasteiger partial charge in [0, 0.05) is 11.5 Å². The first-order chi connectivity index (χ1) is 19.8. The summed E-state index contributed by atoms with van der Waals surface area (Å²) in [6.07, 6.45) is 4.41.